The smallest absolute Gasteiger partial charge is 0.163 e. The van der Waals surface area contributed by atoms with E-state index in [4.69, 9.17) is 9.47 Å². The van der Waals surface area contributed by atoms with Crippen LogP contribution < -0.4 is 0 Å². The Labute approximate surface area is 105 Å². The molecule has 0 unspecified atom stereocenters. The minimum atomic E-state index is -0.554. The van der Waals surface area contributed by atoms with E-state index in [-0.39, 0.29) is 17.6 Å². The van der Waals surface area contributed by atoms with Crippen LogP contribution in [0.25, 0.3) is 0 Å². The summed E-state index contributed by atoms with van der Waals surface area (Å²) >= 11 is 0. The predicted octanol–water partition coefficient (Wildman–Crippen LogP) is 3.31. The SMILES string of the molecule is CCC(=O)[C@@H](C)C[C@]1(C)C[C@@H](C)OC(C)(C)O1. The van der Waals surface area contributed by atoms with E-state index in [0.29, 0.717) is 12.2 Å². The molecule has 0 spiro atoms. The highest BCUT2D eigenvalue weighted by Crippen LogP contribution is 2.38. The first-order chi connectivity index (χ1) is 7.67. The van der Waals surface area contributed by atoms with Crippen LogP contribution >= 0.6 is 0 Å². The van der Waals surface area contributed by atoms with Gasteiger partial charge < -0.3 is 9.47 Å². The van der Waals surface area contributed by atoms with E-state index in [1.807, 2.05) is 27.7 Å². The molecule has 1 fully saturated rings. The number of carbonyl (C=O) groups excluding carboxylic acids is 1. The maximum atomic E-state index is 11.7. The number of Topliss-reactive ketones (excluding diaryl/α,β-unsaturated/α-hetero) is 1. The number of rotatable bonds is 4. The zero-order valence-electron chi connectivity index (χ0n) is 12.0. The van der Waals surface area contributed by atoms with Gasteiger partial charge in [0.05, 0.1) is 11.7 Å². The molecular formula is C14H26O3. The summed E-state index contributed by atoms with van der Waals surface area (Å²) in [4.78, 5) is 11.7. The molecule has 0 radical (unpaired) electrons. The molecule has 100 valence electrons. The van der Waals surface area contributed by atoms with Gasteiger partial charge in [0.2, 0.25) is 0 Å². The van der Waals surface area contributed by atoms with E-state index in [0.717, 1.165) is 12.8 Å². The summed E-state index contributed by atoms with van der Waals surface area (Å²) < 4.78 is 11.8. The quantitative estimate of drug-likeness (QED) is 0.758. The molecule has 1 heterocycles. The molecule has 3 nitrogen and oxygen atoms in total. The van der Waals surface area contributed by atoms with Gasteiger partial charge in [-0.2, -0.15) is 0 Å². The average Bonchev–Trinajstić information content (AvgIpc) is 2.11. The fourth-order valence-corrected chi connectivity index (χ4v) is 3.03. The number of ether oxygens (including phenoxy) is 2. The van der Waals surface area contributed by atoms with Gasteiger partial charge in [-0.1, -0.05) is 13.8 Å². The molecule has 0 saturated carbocycles. The van der Waals surface area contributed by atoms with Crippen molar-refractivity contribution in [3.05, 3.63) is 0 Å². The second-order valence-corrected chi connectivity index (χ2v) is 6.01. The second kappa shape index (κ2) is 5.07. The number of carbonyl (C=O) groups is 1. The summed E-state index contributed by atoms with van der Waals surface area (Å²) in [5.41, 5.74) is -0.259. The van der Waals surface area contributed by atoms with Crippen LogP contribution in [0.4, 0.5) is 0 Å². The van der Waals surface area contributed by atoms with Gasteiger partial charge >= 0.3 is 0 Å². The zero-order chi connectivity index (χ0) is 13.3. The van der Waals surface area contributed by atoms with Crippen LogP contribution in [0.2, 0.25) is 0 Å². The predicted molar refractivity (Wildman–Crippen MR) is 67.8 cm³/mol. The largest absolute Gasteiger partial charge is 0.347 e. The molecule has 3 atom stereocenters. The monoisotopic (exact) mass is 242 g/mol. The summed E-state index contributed by atoms with van der Waals surface area (Å²) in [6.07, 6.45) is 2.40. The Morgan fingerprint density at radius 2 is 2.00 bits per heavy atom. The first-order valence-electron chi connectivity index (χ1n) is 6.58. The Balaban J connectivity index is 2.70. The van der Waals surface area contributed by atoms with Crippen LogP contribution in [0, 0.1) is 5.92 Å². The molecule has 1 rings (SSSR count). The first kappa shape index (κ1) is 14.7. The third kappa shape index (κ3) is 4.07. The van der Waals surface area contributed by atoms with Crippen LogP contribution in [0.15, 0.2) is 0 Å². The van der Waals surface area contributed by atoms with Crippen molar-refractivity contribution in [2.24, 2.45) is 5.92 Å². The van der Waals surface area contributed by atoms with E-state index in [2.05, 4.69) is 13.8 Å². The summed E-state index contributed by atoms with van der Waals surface area (Å²) in [5, 5.41) is 0. The standard InChI is InChI=1S/C14H26O3/c1-7-12(15)10(2)8-14(6)9-11(3)16-13(4,5)17-14/h10-11H,7-9H2,1-6H3/t10-,11+,14+/m0/s1. The molecule has 1 saturated heterocycles. The van der Waals surface area contributed by atoms with Crippen LogP contribution in [0.3, 0.4) is 0 Å². The van der Waals surface area contributed by atoms with Crippen molar-refractivity contribution >= 4 is 5.78 Å². The third-order valence-corrected chi connectivity index (χ3v) is 3.33. The summed E-state index contributed by atoms with van der Waals surface area (Å²) in [7, 11) is 0. The van der Waals surface area contributed by atoms with E-state index in [1.54, 1.807) is 0 Å². The molecule has 0 amide bonds. The van der Waals surface area contributed by atoms with Crippen LogP contribution in [-0.4, -0.2) is 23.3 Å². The lowest BCUT2D eigenvalue weighted by atomic mass is 9.84. The van der Waals surface area contributed by atoms with E-state index in [9.17, 15) is 4.79 Å². The van der Waals surface area contributed by atoms with Crippen molar-refractivity contribution in [1.82, 2.24) is 0 Å². The normalized spacial score (nSPS) is 34.4. The van der Waals surface area contributed by atoms with Crippen LogP contribution in [-0.2, 0) is 14.3 Å². The van der Waals surface area contributed by atoms with Crippen LogP contribution in [0.5, 0.6) is 0 Å². The number of hydrogen-bond donors (Lipinski definition) is 0. The molecule has 0 aromatic carbocycles. The van der Waals surface area contributed by atoms with E-state index >= 15 is 0 Å². The Hall–Kier alpha value is -0.410. The lowest BCUT2D eigenvalue weighted by Gasteiger charge is -2.46. The lowest BCUT2D eigenvalue weighted by molar-refractivity contribution is -0.329. The minimum Gasteiger partial charge on any atom is -0.347 e. The Morgan fingerprint density at radius 3 is 2.47 bits per heavy atom. The topological polar surface area (TPSA) is 35.5 Å². The number of ketones is 1. The van der Waals surface area contributed by atoms with Gasteiger partial charge in [-0.3, -0.25) is 4.79 Å². The Bertz CT molecular complexity index is 285. The highest BCUT2D eigenvalue weighted by Gasteiger charge is 2.42. The maximum absolute atomic E-state index is 11.7. The molecule has 1 aliphatic rings. The highest BCUT2D eigenvalue weighted by molar-refractivity contribution is 5.80. The van der Waals surface area contributed by atoms with Crippen molar-refractivity contribution in [1.29, 1.82) is 0 Å². The molecule has 3 heteroatoms. The van der Waals surface area contributed by atoms with Gasteiger partial charge in [0.1, 0.15) is 5.78 Å². The lowest BCUT2D eigenvalue weighted by Crippen LogP contribution is -2.51. The third-order valence-electron chi connectivity index (χ3n) is 3.33. The molecule has 17 heavy (non-hydrogen) atoms. The summed E-state index contributed by atoms with van der Waals surface area (Å²) in [6.45, 7) is 11.9. The summed E-state index contributed by atoms with van der Waals surface area (Å²) in [5.74, 6) is -0.181. The van der Waals surface area contributed by atoms with E-state index in [1.165, 1.54) is 0 Å². The first-order valence-corrected chi connectivity index (χ1v) is 6.58. The summed E-state index contributed by atoms with van der Waals surface area (Å²) in [6, 6.07) is 0. The molecular weight excluding hydrogens is 216 g/mol. The Kier molecular flexibility index (Phi) is 4.37. The van der Waals surface area contributed by atoms with Gasteiger partial charge in [-0.25, -0.2) is 0 Å². The molecule has 1 aliphatic heterocycles. The van der Waals surface area contributed by atoms with Gasteiger partial charge in [-0.05, 0) is 34.1 Å². The molecule has 0 bridgehead atoms. The molecule has 0 aliphatic carbocycles. The Morgan fingerprint density at radius 1 is 1.41 bits per heavy atom. The van der Waals surface area contributed by atoms with Crippen LogP contribution in [0.1, 0.15) is 60.8 Å². The zero-order valence-corrected chi connectivity index (χ0v) is 12.0. The van der Waals surface area contributed by atoms with Crippen molar-refractivity contribution in [2.45, 2.75) is 78.3 Å². The van der Waals surface area contributed by atoms with Gasteiger partial charge in [0.15, 0.2) is 5.79 Å². The minimum absolute atomic E-state index is 0.0612. The average molecular weight is 242 g/mol. The fourth-order valence-electron chi connectivity index (χ4n) is 3.03. The van der Waals surface area contributed by atoms with E-state index < -0.39 is 5.79 Å². The second-order valence-electron chi connectivity index (χ2n) is 6.01. The highest BCUT2D eigenvalue weighted by atomic mass is 16.7. The van der Waals surface area contributed by atoms with Gasteiger partial charge in [-0.15, -0.1) is 0 Å². The number of hydrogen-bond acceptors (Lipinski definition) is 3. The van der Waals surface area contributed by atoms with Crippen molar-refractivity contribution in [3.8, 4) is 0 Å². The van der Waals surface area contributed by atoms with Crippen molar-refractivity contribution in [2.75, 3.05) is 0 Å². The van der Waals surface area contributed by atoms with Crippen molar-refractivity contribution in [3.63, 3.8) is 0 Å². The molecule has 0 aromatic heterocycles. The van der Waals surface area contributed by atoms with Gasteiger partial charge in [0.25, 0.3) is 0 Å². The van der Waals surface area contributed by atoms with Gasteiger partial charge in [0, 0.05) is 18.8 Å². The van der Waals surface area contributed by atoms with Crippen molar-refractivity contribution < 1.29 is 14.3 Å². The maximum Gasteiger partial charge on any atom is 0.163 e. The molecule has 0 N–H and O–H groups in total. The fraction of sp³-hybridized carbons (Fsp3) is 0.929. The molecule has 0 aromatic rings.